The van der Waals surface area contributed by atoms with Gasteiger partial charge >= 0.3 is 0 Å². The van der Waals surface area contributed by atoms with E-state index in [0.29, 0.717) is 17.4 Å². The molecule has 0 atom stereocenters. The molecule has 2 amide bonds. The van der Waals surface area contributed by atoms with Crippen LogP contribution in [0.3, 0.4) is 0 Å². The molecule has 5 rings (SSSR count). The summed E-state index contributed by atoms with van der Waals surface area (Å²) in [5.74, 6) is -0.696. The van der Waals surface area contributed by atoms with Crippen LogP contribution in [0.1, 0.15) is 34.1 Å². The minimum absolute atomic E-state index is 0.0302. The molecule has 9 heteroatoms. The van der Waals surface area contributed by atoms with Crippen molar-refractivity contribution in [3.05, 3.63) is 59.1 Å². The second-order valence-electron chi connectivity index (χ2n) is 7.49. The first-order valence-corrected chi connectivity index (χ1v) is 12.0. The number of thiazole rings is 1. The van der Waals surface area contributed by atoms with Gasteiger partial charge in [-0.25, -0.2) is 17.7 Å². The summed E-state index contributed by atoms with van der Waals surface area (Å²) in [6, 6.07) is 14.1. The Kier molecular flexibility index (Phi) is 4.59. The van der Waals surface area contributed by atoms with Crippen LogP contribution in [0.15, 0.2) is 53.4 Å². The van der Waals surface area contributed by atoms with Crippen LogP contribution in [0, 0.1) is 0 Å². The highest BCUT2D eigenvalue weighted by molar-refractivity contribution is 7.90. The predicted octanol–water partition coefficient (Wildman–Crippen LogP) is 2.85. The van der Waals surface area contributed by atoms with Gasteiger partial charge in [-0.2, -0.15) is 0 Å². The highest BCUT2D eigenvalue weighted by Gasteiger charge is 2.42. The highest BCUT2D eigenvalue weighted by Crippen LogP contribution is 2.34. The van der Waals surface area contributed by atoms with Crippen LogP contribution in [-0.2, 0) is 14.8 Å². The monoisotopic (exact) mass is 441 g/mol. The maximum Gasteiger partial charge on any atom is 0.269 e. The number of rotatable bonds is 3. The maximum absolute atomic E-state index is 12.8. The van der Waals surface area contributed by atoms with Crippen molar-refractivity contribution in [2.45, 2.75) is 23.7 Å². The lowest BCUT2D eigenvalue weighted by molar-refractivity contribution is -0.132. The predicted molar refractivity (Wildman–Crippen MR) is 113 cm³/mol. The lowest BCUT2D eigenvalue weighted by Gasteiger charge is -2.32. The van der Waals surface area contributed by atoms with E-state index < -0.39 is 22.5 Å². The van der Waals surface area contributed by atoms with Crippen LogP contribution in [0.5, 0.6) is 0 Å². The number of benzene rings is 2. The van der Waals surface area contributed by atoms with Crippen LogP contribution in [0.4, 0.5) is 0 Å². The molecule has 0 N–H and O–H groups in total. The molecule has 1 aromatic heterocycles. The van der Waals surface area contributed by atoms with Crippen molar-refractivity contribution >= 4 is 43.4 Å². The Morgan fingerprint density at radius 1 is 1.07 bits per heavy atom. The molecule has 7 nitrogen and oxygen atoms in total. The fourth-order valence-corrected chi connectivity index (χ4v) is 6.71. The van der Waals surface area contributed by atoms with Crippen molar-refractivity contribution in [2.24, 2.45) is 0 Å². The van der Waals surface area contributed by atoms with Crippen molar-refractivity contribution in [3.63, 3.8) is 0 Å². The Balaban J connectivity index is 1.26. The fourth-order valence-electron chi connectivity index (χ4n) is 4.05. The smallest absolute Gasteiger partial charge is 0.269 e. The summed E-state index contributed by atoms with van der Waals surface area (Å²) in [5, 5.41) is 1.08. The van der Waals surface area contributed by atoms with Gasteiger partial charge in [0.25, 0.3) is 15.9 Å². The summed E-state index contributed by atoms with van der Waals surface area (Å²) in [5.41, 5.74) is 1.12. The Bertz CT molecular complexity index is 1230. The van der Waals surface area contributed by atoms with E-state index in [0.717, 1.165) is 28.1 Å². The van der Waals surface area contributed by atoms with Crippen molar-refractivity contribution in [1.82, 2.24) is 14.2 Å². The number of para-hydroxylation sites is 1. The summed E-state index contributed by atoms with van der Waals surface area (Å²) in [6.45, 7) is 0.588. The van der Waals surface area contributed by atoms with Crippen LogP contribution >= 0.6 is 11.3 Å². The molecule has 0 bridgehead atoms. The van der Waals surface area contributed by atoms with Gasteiger partial charge in [-0.3, -0.25) is 9.59 Å². The zero-order chi connectivity index (χ0) is 20.9. The van der Waals surface area contributed by atoms with E-state index in [2.05, 4.69) is 6.07 Å². The third kappa shape index (κ3) is 3.09. The molecule has 0 radical (unpaired) electrons. The van der Waals surface area contributed by atoms with Crippen molar-refractivity contribution in [2.75, 3.05) is 19.6 Å². The number of sulfonamides is 1. The van der Waals surface area contributed by atoms with Gasteiger partial charge in [0.15, 0.2) is 0 Å². The normalized spacial score (nSPS) is 18.7. The van der Waals surface area contributed by atoms with E-state index in [9.17, 15) is 18.0 Å². The summed E-state index contributed by atoms with van der Waals surface area (Å²) in [6.07, 6.45) is 1.54. The molecule has 2 aromatic carbocycles. The SMILES string of the molecule is O=C(CN1C(=O)c2ccccc2S1(=O)=O)N1CCC(c2nc3ccccc3s2)CC1. The summed E-state index contributed by atoms with van der Waals surface area (Å²) >= 11 is 1.69. The zero-order valence-electron chi connectivity index (χ0n) is 16.0. The topological polar surface area (TPSA) is 87.7 Å². The summed E-state index contributed by atoms with van der Waals surface area (Å²) in [7, 11) is -3.97. The van der Waals surface area contributed by atoms with Gasteiger partial charge in [-0.05, 0) is 37.1 Å². The molecule has 2 aliphatic heterocycles. The third-order valence-corrected chi connectivity index (χ3v) is 8.68. The average molecular weight is 442 g/mol. The molecular weight excluding hydrogens is 422 g/mol. The molecule has 3 aromatic rings. The lowest BCUT2D eigenvalue weighted by Crippen LogP contribution is -2.45. The van der Waals surface area contributed by atoms with Crippen LogP contribution < -0.4 is 0 Å². The van der Waals surface area contributed by atoms with E-state index >= 15 is 0 Å². The average Bonchev–Trinajstić information content (AvgIpc) is 3.28. The van der Waals surface area contributed by atoms with Crippen LogP contribution in [0.25, 0.3) is 10.2 Å². The highest BCUT2D eigenvalue weighted by atomic mass is 32.2. The number of carbonyl (C=O) groups excluding carboxylic acids is 2. The number of nitrogens with zero attached hydrogens (tertiary/aromatic N) is 3. The lowest BCUT2D eigenvalue weighted by atomic mass is 9.97. The second-order valence-corrected chi connectivity index (χ2v) is 10.4. The zero-order valence-corrected chi connectivity index (χ0v) is 17.7. The Hall–Kier alpha value is -2.78. The molecule has 30 heavy (non-hydrogen) atoms. The number of amides is 2. The van der Waals surface area contributed by atoms with Gasteiger partial charge in [0, 0.05) is 19.0 Å². The number of aromatic nitrogens is 1. The molecule has 0 spiro atoms. The Morgan fingerprint density at radius 3 is 2.50 bits per heavy atom. The summed E-state index contributed by atoms with van der Waals surface area (Å²) in [4.78, 5) is 31.6. The first-order chi connectivity index (χ1) is 14.4. The number of likely N-dealkylation sites (tertiary alicyclic amines) is 1. The number of fused-ring (bicyclic) bond motifs is 2. The number of carbonyl (C=O) groups is 2. The van der Waals surface area contributed by atoms with Gasteiger partial charge in [-0.1, -0.05) is 24.3 Å². The van der Waals surface area contributed by atoms with Crippen molar-refractivity contribution in [1.29, 1.82) is 0 Å². The van der Waals surface area contributed by atoms with Crippen LogP contribution in [0.2, 0.25) is 0 Å². The fraction of sp³-hybridized carbons (Fsp3) is 0.286. The molecule has 0 unspecified atom stereocenters. The Labute approximate surface area is 178 Å². The number of hydrogen-bond donors (Lipinski definition) is 0. The standard InChI is InChI=1S/C21H19N3O4S2/c25-19(13-24-21(26)15-5-1-4-8-18(15)30(24,27)28)23-11-9-14(10-12-23)20-22-16-6-2-3-7-17(16)29-20/h1-8,14H,9-13H2. The second kappa shape index (κ2) is 7.17. The van der Waals surface area contributed by atoms with Crippen LogP contribution in [-0.4, -0.2) is 54.1 Å². The van der Waals surface area contributed by atoms with Gasteiger partial charge in [0.2, 0.25) is 5.91 Å². The quantitative estimate of drug-likeness (QED) is 0.624. The molecule has 1 saturated heterocycles. The molecule has 2 aliphatic rings. The summed E-state index contributed by atoms with van der Waals surface area (Å²) < 4.78 is 27.2. The Morgan fingerprint density at radius 2 is 1.77 bits per heavy atom. The first-order valence-electron chi connectivity index (χ1n) is 9.74. The minimum atomic E-state index is -3.97. The molecule has 3 heterocycles. The van der Waals surface area contributed by atoms with E-state index in [4.69, 9.17) is 4.98 Å². The van der Waals surface area contributed by atoms with Crippen molar-refractivity contribution in [3.8, 4) is 0 Å². The van der Waals surface area contributed by atoms with Gasteiger partial charge in [0.05, 0.1) is 20.8 Å². The maximum atomic E-state index is 12.8. The van der Waals surface area contributed by atoms with E-state index in [1.165, 1.54) is 12.1 Å². The van der Waals surface area contributed by atoms with Crippen molar-refractivity contribution < 1.29 is 18.0 Å². The molecule has 0 aliphatic carbocycles. The van der Waals surface area contributed by atoms with E-state index in [1.54, 1.807) is 28.4 Å². The van der Waals surface area contributed by atoms with E-state index in [1.807, 2.05) is 18.2 Å². The molecule has 154 valence electrons. The number of piperidine rings is 1. The first kappa shape index (κ1) is 19.2. The third-order valence-electron chi connectivity index (χ3n) is 5.70. The number of hydrogen-bond acceptors (Lipinski definition) is 6. The van der Waals surface area contributed by atoms with Gasteiger partial charge < -0.3 is 4.90 Å². The largest absolute Gasteiger partial charge is 0.341 e. The molecule has 0 saturated carbocycles. The molecule has 1 fully saturated rings. The van der Waals surface area contributed by atoms with Gasteiger partial charge in [0.1, 0.15) is 11.4 Å². The minimum Gasteiger partial charge on any atom is -0.341 e. The van der Waals surface area contributed by atoms with E-state index in [-0.39, 0.29) is 22.3 Å². The molecular formula is C21H19N3O4S2. The van der Waals surface area contributed by atoms with Gasteiger partial charge in [-0.15, -0.1) is 11.3 Å².